The Balaban J connectivity index is 2.79. The molecule has 0 saturated carbocycles. The number of aliphatic imine (C=N–C) groups is 1. The first-order chi connectivity index (χ1) is 6.69. The van der Waals surface area contributed by atoms with Gasteiger partial charge in [0.15, 0.2) is 0 Å². The minimum Gasteiger partial charge on any atom is -0.297 e. The third-order valence-electron chi connectivity index (χ3n) is 2.24. The highest BCUT2D eigenvalue weighted by molar-refractivity contribution is 5.80. The van der Waals surface area contributed by atoms with Crippen LogP contribution in [0.1, 0.15) is 33.6 Å². The lowest BCUT2D eigenvalue weighted by atomic mass is 10.2. The first-order valence-electron chi connectivity index (χ1n) is 5.18. The van der Waals surface area contributed by atoms with Crippen LogP contribution in [0.3, 0.4) is 0 Å². The minimum atomic E-state index is 0.197. The van der Waals surface area contributed by atoms with Crippen molar-refractivity contribution in [3.8, 4) is 0 Å². The maximum Gasteiger partial charge on any atom is 0.228 e. The average Bonchev–Trinajstić information content (AvgIpc) is 2.45. The highest BCUT2D eigenvalue weighted by Crippen LogP contribution is 2.22. The van der Waals surface area contributed by atoms with Gasteiger partial charge in [-0.15, -0.1) is 0 Å². The van der Waals surface area contributed by atoms with Crippen molar-refractivity contribution in [3.05, 3.63) is 11.9 Å². The Bertz CT molecular complexity index is 268. The lowest BCUT2D eigenvalue weighted by Crippen LogP contribution is -2.23. The summed E-state index contributed by atoms with van der Waals surface area (Å²) in [7, 11) is 0. The van der Waals surface area contributed by atoms with Crippen LogP contribution in [-0.2, 0) is 4.79 Å². The molecule has 0 aliphatic carbocycles. The van der Waals surface area contributed by atoms with Gasteiger partial charge in [0.2, 0.25) is 5.91 Å². The molecular formula is C11H18N2O. The fraction of sp³-hybridized carbons (Fsp3) is 0.636. The van der Waals surface area contributed by atoms with Crippen LogP contribution in [0.5, 0.6) is 0 Å². The second-order valence-electron chi connectivity index (χ2n) is 3.67. The first-order valence-corrected chi connectivity index (χ1v) is 5.18. The van der Waals surface area contributed by atoms with Gasteiger partial charge in [-0.2, -0.15) is 0 Å². The van der Waals surface area contributed by atoms with Gasteiger partial charge in [0.05, 0.1) is 0 Å². The summed E-state index contributed by atoms with van der Waals surface area (Å²) < 4.78 is 0. The molecule has 1 unspecified atom stereocenters. The van der Waals surface area contributed by atoms with E-state index in [2.05, 4.69) is 18.8 Å². The zero-order valence-corrected chi connectivity index (χ0v) is 9.16. The number of amides is 1. The van der Waals surface area contributed by atoms with E-state index < -0.39 is 0 Å². The van der Waals surface area contributed by atoms with Crippen molar-refractivity contribution in [1.82, 2.24) is 4.90 Å². The molecule has 0 aromatic carbocycles. The van der Waals surface area contributed by atoms with Gasteiger partial charge in [0, 0.05) is 19.2 Å². The van der Waals surface area contributed by atoms with Gasteiger partial charge in [0.25, 0.3) is 0 Å². The number of hydrogen-bond acceptors (Lipinski definition) is 2. The van der Waals surface area contributed by atoms with E-state index in [1.165, 1.54) is 0 Å². The van der Waals surface area contributed by atoms with Crippen molar-refractivity contribution in [3.63, 3.8) is 0 Å². The molecule has 1 amide bonds. The Morgan fingerprint density at radius 3 is 2.86 bits per heavy atom. The highest BCUT2D eigenvalue weighted by atomic mass is 16.2. The summed E-state index contributed by atoms with van der Waals surface area (Å²) >= 11 is 0. The predicted molar refractivity (Wildman–Crippen MR) is 58.0 cm³/mol. The number of carbonyl (C=O) groups excluding carboxylic acids is 1. The molecule has 1 rings (SSSR count). The summed E-state index contributed by atoms with van der Waals surface area (Å²) in [5.41, 5.74) is 0. The van der Waals surface area contributed by atoms with Gasteiger partial charge in [-0.3, -0.25) is 9.69 Å². The molecule has 1 atom stereocenters. The lowest BCUT2D eigenvalue weighted by molar-refractivity contribution is -0.126. The van der Waals surface area contributed by atoms with Crippen molar-refractivity contribution >= 4 is 12.1 Å². The molecule has 1 fully saturated rings. The maximum atomic E-state index is 11.6. The summed E-state index contributed by atoms with van der Waals surface area (Å²) in [6.45, 7) is 6.82. The summed E-state index contributed by atoms with van der Waals surface area (Å²) in [5.74, 6) is 1.46. The number of nitrogens with zero attached hydrogens (tertiary/aromatic N) is 2. The molecule has 1 aliphatic rings. The topological polar surface area (TPSA) is 32.7 Å². The minimum absolute atomic E-state index is 0.197. The van der Waals surface area contributed by atoms with Crippen LogP contribution in [0, 0.1) is 5.92 Å². The van der Waals surface area contributed by atoms with Gasteiger partial charge >= 0.3 is 0 Å². The van der Waals surface area contributed by atoms with Gasteiger partial charge in [-0.25, -0.2) is 4.99 Å². The van der Waals surface area contributed by atoms with Crippen LogP contribution in [0.2, 0.25) is 0 Å². The number of likely N-dealkylation sites (tertiary alicyclic amines) is 1. The zero-order valence-electron chi connectivity index (χ0n) is 9.16. The van der Waals surface area contributed by atoms with Crippen LogP contribution in [0.4, 0.5) is 0 Å². The normalized spacial score (nSPS) is 23.9. The van der Waals surface area contributed by atoms with Crippen LogP contribution >= 0.6 is 0 Å². The quantitative estimate of drug-likeness (QED) is 0.634. The number of rotatable bonds is 3. The molecule has 0 bridgehead atoms. The molecule has 1 heterocycles. The van der Waals surface area contributed by atoms with E-state index in [4.69, 9.17) is 0 Å². The standard InChI is InChI=1S/C11H18N2O/c1-4-6-10(12-5-2)13-8-9(3)7-11(13)14/h5-6,9H,4,7-8H2,1-3H3/b10-6+,12-5-. The van der Waals surface area contributed by atoms with Crippen molar-refractivity contribution in [1.29, 1.82) is 0 Å². The Kier molecular flexibility index (Phi) is 3.86. The van der Waals surface area contributed by atoms with E-state index in [9.17, 15) is 4.79 Å². The van der Waals surface area contributed by atoms with Crippen molar-refractivity contribution in [2.75, 3.05) is 6.54 Å². The van der Waals surface area contributed by atoms with E-state index >= 15 is 0 Å². The largest absolute Gasteiger partial charge is 0.297 e. The van der Waals surface area contributed by atoms with Crippen molar-refractivity contribution < 1.29 is 4.79 Å². The third-order valence-corrected chi connectivity index (χ3v) is 2.24. The molecule has 1 saturated heterocycles. The number of carbonyl (C=O) groups is 1. The average molecular weight is 194 g/mol. The summed E-state index contributed by atoms with van der Waals surface area (Å²) in [6.07, 6.45) is 5.29. The van der Waals surface area contributed by atoms with Crippen molar-refractivity contribution in [2.45, 2.75) is 33.6 Å². The molecule has 3 nitrogen and oxygen atoms in total. The third kappa shape index (κ3) is 2.44. The zero-order chi connectivity index (χ0) is 10.6. The number of allylic oxidation sites excluding steroid dienone is 1. The monoisotopic (exact) mass is 194 g/mol. The second kappa shape index (κ2) is 4.94. The Morgan fingerprint density at radius 1 is 1.71 bits per heavy atom. The molecule has 1 aliphatic heterocycles. The SMILES string of the molecule is C/C=N\C(=C/CC)N1CC(C)CC1=O. The summed E-state index contributed by atoms with van der Waals surface area (Å²) in [6, 6.07) is 0. The smallest absolute Gasteiger partial charge is 0.228 e. The molecule has 0 N–H and O–H groups in total. The van der Waals surface area contributed by atoms with Crippen LogP contribution < -0.4 is 0 Å². The molecule has 78 valence electrons. The molecule has 0 radical (unpaired) electrons. The van der Waals surface area contributed by atoms with Gasteiger partial charge in [-0.1, -0.05) is 13.8 Å². The van der Waals surface area contributed by atoms with Gasteiger partial charge < -0.3 is 0 Å². The van der Waals surface area contributed by atoms with E-state index in [-0.39, 0.29) is 5.91 Å². The molecular weight excluding hydrogens is 176 g/mol. The highest BCUT2D eigenvalue weighted by Gasteiger charge is 2.28. The predicted octanol–water partition coefficient (Wildman–Crippen LogP) is 2.20. The summed E-state index contributed by atoms with van der Waals surface area (Å²) in [4.78, 5) is 17.6. The molecule has 0 aromatic heterocycles. The molecule has 0 spiro atoms. The Morgan fingerprint density at radius 2 is 2.43 bits per heavy atom. The Labute approximate surface area is 85.5 Å². The van der Waals surface area contributed by atoms with E-state index in [0.717, 1.165) is 18.8 Å². The molecule has 0 aromatic rings. The van der Waals surface area contributed by atoms with Gasteiger partial charge in [-0.05, 0) is 25.3 Å². The summed E-state index contributed by atoms with van der Waals surface area (Å²) in [5, 5.41) is 0. The van der Waals surface area contributed by atoms with E-state index in [0.29, 0.717) is 12.3 Å². The van der Waals surface area contributed by atoms with E-state index in [1.807, 2.05) is 13.0 Å². The van der Waals surface area contributed by atoms with Crippen LogP contribution in [-0.4, -0.2) is 23.6 Å². The van der Waals surface area contributed by atoms with E-state index in [1.54, 1.807) is 11.1 Å². The Hall–Kier alpha value is -1.12. The maximum absolute atomic E-state index is 11.6. The number of hydrogen-bond donors (Lipinski definition) is 0. The fourth-order valence-corrected chi connectivity index (χ4v) is 1.66. The molecule has 3 heteroatoms. The lowest BCUT2D eigenvalue weighted by Gasteiger charge is -2.16. The fourth-order valence-electron chi connectivity index (χ4n) is 1.66. The van der Waals surface area contributed by atoms with Crippen LogP contribution in [0.15, 0.2) is 16.9 Å². The van der Waals surface area contributed by atoms with Crippen molar-refractivity contribution in [2.24, 2.45) is 10.9 Å². The van der Waals surface area contributed by atoms with Gasteiger partial charge in [0.1, 0.15) is 5.82 Å². The van der Waals surface area contributed by atoms with Crippen LogP contribution in [0.25, 0.3) is 0 Å². The second-order valence-corrected chi connectivity index (χ2v) is 3.67. The first kappa shape index (κ1) is 11.0. The molecule has 14 heavy (non-hydrogen) atoms.